The summed E-state index contributed by atoms with van der Waals surface area (Å²) in [4.78, 5) is 10.6. The fraction of sp³-hybridized carbons (Fsp3) is 0.462. The minimum atomic E-state index is -3.65. The maximum Gasteiger partial charge on any atom is 0.304 e. The van der Waals surface area contributed by atoms with Crippen molar-refractivity contribution < 1.29 is 18.3 Å². The van der Waals surface area contributed by atoms with E-state index in [0.29, 0.717) is 19.5 Å². The maximum atomic E-state index is 12.2. The van der Waals surface area contributed by atoms with E-state index >= 15 is 0 Å². The van der Waals surface area contributed by atoms with Gasteiger partial charge in [-0.15, -0.1) is 0 Å². The standard InChI is InChI=1S/C13H18N2O4S/c1-10(8-13(16)17)14-20(18,19)15-7-6-11-4-2-3-5-12(11)9-15/h2-5,10,14H,6-9H2,1H3,(H,16,17). The molecule has 20 heavy (non-hydrogen) atoms. The summed E-state index contributed by atoms with van der Waals surface area (Å²) in [6, 6.07) is 7.11. The van der Waals surface area contributed by atoms with E-state index in [1.807, 2.05) is 24.3 Å². The van der Waals surface area contributed by atoms with Gasteiger partial charge in [-0.1, -0.05) is 24.3 Å². The quantitative estimate of drug-likeness (QED) is 0.839. The van der Waals surface area contributed by atoms with Gasteiger partial charge in [-0.25, -0.2) is 0 Å². The van der Waals surface area contributed by atoms with Gasteiger partial charge in [0.2, 0.25) is 0 Å². The molecule has 2 N–H and O–H groups in total. The zero-order valence-corrected chi connectivity index (χ0v) is 12.1. The van der Waals surface area contributed by atoms with Crippen LogP contribution in [0.3, 0.4) is 0 Å². The molecule has 0 bridgehead atoms. The molecule has 0 aromatic heterocycles. The molecule has 0 saturated heterocycles. The van der Waals surface area contributed by atoms with E-state index in [9.17, 15) is 13.2 Å². The number of hydrogen-bond donors (Lipinski definition) is 2. The maximum absolute atomic E-state index is 12.2. The topological polar surface area (TPSA) is 86.7 Å². The molecule has 110 valence electrons. The number of carbonyl (C=O) groups is 1. The molecule has 6 nitrogen and oxygen atoms in total. The van der Waals surface area contributed by atoms with Crippen LogP contribution >= 0.6 is 0 Å². The third kappa shape index (κ3) is 3.56. The Morgan fingerprint density at radius 3 is 2.70 bits per heavy atom. The summed E-state index contributed by atoms with van der Waals surface area (Å²) in [5.74, 6) is -1.02. The SMILES string of the molecule is CC(CC(=O)O)NS(=O)(=O)N1CCc2ccccc2C1. The Labute approximate surface area is 118 Å². The second-order valence-electron chi connectivity index (χ2n) is 4.97. The third-order valence-corrected chi connectivity index (χ3v) is 4.96. The van der Waals surface area contributed by atoms with Crippen LogP contribution in [0.1, 0.15) is 24.5 Å². The lowest BCUT2D eigenvalue weighted by Gasteiger charge is -2.29. The van der Waals surface area contributed by atoms with Crippen molar-refractivity contribution in [3.63, 3.8) is 0 Å². The van der Waals surface area contributed by atoms with Crippen molar-refractivity contribution in [2.75, 3.05) is 6.54 Å². The molecule has 0 spiro atoms. The average Bonchev–Trinajstić information content (AvgIpc) is 2.36. The molecule has 1 aliphatic heterocycles. The van der Waals surface area contributed by atoms with Crippen LogP contribution in [0.5, 0.6) is 0 Å². The lowest BCUT2D eigenvalue weighted by atomic mass is 10.0. The van der Waals surface area contributed by atoms with Crippen molar-refractivity contribution in [2.24, 2.45) is 0 Å². The van der Waals surface area contributed by atoms with Crippen molar-refractivity contribution in [1.29, 1.82) is 0 Å². The van der Waals surface area contributed by atoms with E-state index in [1.54, 1.807) is 6.92 Å². The van der Waals surface area contributed by atoms with E-state index < -0.39 is 22.2 Å². The summed E-state index contributed by atoms with van der Waals surface area (Å²) >= 11 is 0. The van der Waals surface area contributed by atoms with Crippen LogP contribution in [0, 0.1) is 0 Å². The monoisotopic (exact) mass is 298 g/mol. The zero-order chi connectivity index (χ0) is 14.8. The highest BCUT2D eigenvalue weighted by Crippen LogP contribution is 2.20. The van der Waals surface area contributed by atoms with Crippen molar-refractivity contribution in [1.82, 2.24) is 9.03 Å². The van der Waals surface area contributed by atoms with Gasteiger partial charge in [-0.3, -0.25) is 4.79 Å². The first kappa shape index (κ1) is 15.0. The summed E-state index contributed by atoms with van der Waals surface area (Å²) in [7, 11) is -3.65. The Bertz CT molecular complexity index is 600. The van der Waals surface area contributed by atoms with Crippen molar-refractivity contribution in [3.8, 4) is 0 Å². The lowest BCUT2D eigenvalue weighted by Crippen LogP contribution is -2.46. The number of aliphatic carboxylic acids is 1. The Morgan fingerprint density at radius 2 is 2.05 bits per heavy atom. The minimum absolute atomic E-state index is 0.232. The van der Waals surface area contributed by atoms with Crippen molar-refractivity contribution in [3.05, 3.63) is 35.4 Å². The van der Waals surface area contributed by atoms with Gasteiger partial charge in [0.05, 0.1) is 6.42 Å². The molecule has 1 heterocycles. The van der Waals surface area contributed by atoms with Crippen LogP contribution < -0.4 is 4.72 Å². The van der Waals surface area contributed by atoms with Gasteiger partial charge in [-0.05, 0) is 24.5 Å². The number of rotatable bonds is 5. The molecule has 0 radical (unpaired) electrons. The highest BCUT2D eigenvalue weighted by atomic mass is 32.2. The molecule has 1 aromatic carbocycles. The number of nitrogens with zero attached hydrogens (tertiary/aromatic N) is 1. The summed E-state index contributed by atoms with van der Waals surface area (Å²) in [5, 5.41) is 8.67. The predicted octanol–water partition coefficient (Wildman–Crippen LogP) is 0.742. The molecular weight excluding hydrogens is 280 g/mol. The highest BCUT2D eigenvalue weighted by molar-refractivity contribution is 7.87. The van der Waals surface area contributed by atoms with E-state index in [-0.39, 0.29) is 6.42 Å². The van der Waals surface area contributed by atoms with Gasteiger partial charge in [0.25, 0.3) is 10.2 Å². The first-order valence-corrected chi connectivity index (χ1v) is 7.88. The molecule has 0 saturated carbocycles. The van der Waals surface area contributed by atoms with Gasteiger partial charge in [0.15, 0.2) is 0 Å². The number of carboxylic acid groups (broad SMARTS) is 1. The first-order chi connectivity index (χ1) is 9.38. The molecule has 0 fully saturated rings. The lowest BCUT2D eigenvalue weighted by molar-refractivity contribution is -0.137. The summed E-state index contributed by atoms with van der Waals surface area (Å²) in [5.41, 5.74) is 2.16. The van der Waals surface area contributed by atoms with Crippen molar-refractivity contribution >= 4 is 16.2 Å². The Balaban J connectivity index is 2.06. The van der Waals surface area contributed by atoms with Gasteiger partial charge in [0, 0.05) is 19.1 Å². The summed E-state index contributed by atoms with van der Waals surface area (Å²) < 4.78 is 28.2. The van der Waals surface area contributed by atoms with Crippen LogP contribution in [0.2, 0.25) is 0 Å². The van der Waals surface area contributed by atoms with Crippen molar-refractivity contribution in [2.45, 2.75) is 32.4 Å². The van der Waals surface area contributed by atoms with Crippen LogP contribution in [-0.4, -0.2) is 36.4 Å². The average molecular weight is 298 g/mol. The number of carboxylic acids is 1. The Hall–Kier alpha value is -1.44. The normalized spacial score (nSPS) is 17.4. The van der Waals surface area contributed by atoms with Crippen LogP contribution in [0.25, 0.3) is 0 Å². The van der Waals surface area contributed by atoms with Gasteiger partial charge < -0.3 is 5.11 Å². The van der Waals surface area contributed by atoms with Crippen LogP contribution in [0.4, 0.5) is 0 Å². The fourth-order valence-corrected chi connectivity index (χ4v) is 3.69. The van der Waals surface area contributed by atoms with Gasteiger partial charge in [0.1, 0.15) is 0 Å². The molecule has 1 unspecified atom stereocenters. The highest BCUT2D eigenvalue weighted by Gasteiger charge is 2.28. The van der Waals surface area contributed by atoms with E-state index in [0.717, 1.165) is 11.1 Å². The minimum Gasteiger partial charge on any atom is -0.481 e. The zero-order valence-electron chi connectivity index (χ0n) is 11.2. The number of benzene rings is 1. The number of fused-ring (bicyclic) bond motifs is 1. The van der Waals surface area contributed by atoms with Gasteiger partial charge in [-0.2, -0.15) is 17.4 Å². The molecule has 1 aliphatic rings. The second-order valence-corrected chi connectivity index (χ2v) is 6.68. The Kier molecular flexibility index (Phi) is 4.42. The number of hydrogen-bond acceptors (Lipinski definition) is 3. The molecule has 0 amide bonds. The fourth-order valence-electron chi connectivity index (χ4n) is 2.31. The molecule has 7 heteroatoms. The van der Waals surface area contributed by atoms with E-state index in [1.165, 1.54) is 4.31 Å². The summed E-state index contributed by atoms with van der Waals surface area (Å²) in [6.07, 6.45) is 0.439. The third-order valence-electron chi connectivity index (χ3n) is 3.27. The van der Waals surface area contributed by atoms with Crippen LogP contribution in [0.15, 0.2) is 24.3 Å². The van der Waals surface area contributed by atoms with Crippen LogP contribution in [-0.2, 0) is 28.0 Å². The summed E-state index contributed by atoms with van der Waals surface area (Å²) in [6.45, 7) is 2.28. The van der Waals surface area contributed by atoms with E-state index in [4.69, 9.17) is 5.11 Å². The first-order valence-electron chi connectivity index (χ1n) is 6.44. The van der Waals surface area contributed by atoms with Gasteiger partial charge >= 0.3 is 5.97 Å². The smallest absolute Gasteiger partial charge is 0.304 e. The second kappa shape index (κ2) is 5.90. The predicted molar refractivity (Wildman–Crippen MR) is 74.3 cm³/mol. The Morgan fingerprint density at radius 1 is 1.40 bits per heavy atom. The molecule has 1 aromatic rings. The number of nitrogens with one attached hydrogen (secondary N) is 1. The largest absolute Gasteiger partial charge is 0.481 e. The molecule has 1 atom stereocenters. The van der Waals surface area contributed by atoms with E-state index in [2.05, 4.69) is 4.72 Å². The molecular formula is C13H18N2O4S. The molecule has 2 rings (SSSR count). The molecule has 0 aliphatic carbocycles.